The first-order chi connectivity index (χ1) is 7.15. The van der Waals surface area contributed by atoms with Gasteiger partial charge in [-0.15, -0.1) is 0 Å². The molecular formula is C11H16N2O2. The predicted molar refractivity (Wildman–Crippen MR) is 58.4 cm³/mol. The standard InChI is InChI=1S/C11H16N2O2/c1-13(10(7-12)11(14)15)8-9-5-3-2-4-6-9/h2-6,10H,7-8,12H2,1H3,(H,14,15). The minimum Gasteiger partial charge on any atom is -0.480 e. The highest BCUT2D eigenvalue weighted by molar-refractivity contribution is 5.73. The number of carboxylic acid groups (broad SMARTS) is 1. The van der Waals surface area contributed by atoms with E-state index in [9.17, 15) is 4.79 Å². The summed E-state index contributed by atoms with van der Waals surface area (Å²) in [5.41, 5.74) is 6.49. The van der Waals surface area contributed by atoms with Crippen LogP contribution in [0.25, 0.3) is 0 Å². The summed E-state index contributed by atoms with van der Waals surface area (Å²) < 4.78 is 0. The third-order valence-electron chi connectivity index (χ3n) is 2.32. The van der Waals surface area contributed by atoms with Gasteiger partial charge in [0.05, 0.1) is 0 Å². The molecule has 0 aliphatic heterocycles. The molecule has 0 bridgehead atoms. The molecule has 1 unspecified atom stereocenters. The van der Waals surface area contributed by atoms with Crippen molar-refractivity contribution in [2.24, 2.45) is 5.73 Å². The zero-order valence-corrected chi connectivity index (χ0v) is 8.76. The Kier molecular flexibility index (Phi) is 4.27. The Morgan fingerprint density at radius 3 is 2.53 bits per heavy atom. The van der Waals surface area contributed by atoms with Crippen molar-refractivity contribution in [2.75, 3.05) is 13.6 Å². The third kappa shape index (κ3) is 3.34. The largest absolute Gasteiger partial charge is 0.480 e. The average molecular weight is 208 g/mol. The third-order valence-corrected chi connectivity index (χ3v) is 2.32. The van der Waals surface area contributed by atoms with E-state index >= 15 is 0 Å². The molecule has 4 nitrogen and oxygen atoms in total. The van der Waals surface area contributed by atoms with E-state index in [-0.39, 0.29) is 6.54 Å². The van der Waals surface area contributed by atoms with Crippen LogP contribution >= 0.6 is 0 Å². The minimum absolute atomic E-state index is 0.124. The van der Waals surface area contributed by atoms with E-state index in [1.165, 1.54) is 0 Å². The molecule has 0 saturated heterocycles. The maximum absolute atomic E-state index is 10.8. The number of likely N-dealkylation sites (N-methyl/N-ethyl adjacent to an activating group) is 1. The van der Waals surface area contributed by atoms with Crippen LogP contribution in [0.4, 0.5) is 0 Å². The van der Waals surface area contributed by atoms with Gasteiger partial charge < -0.3 is 10.8 Å². The summed E-state index contributed by atoms with van der Waals surface area (Å²) >= 11 is 0. The maximum atomic E-state index is 10.8. The number of nitrogens with zero attached hydrogens (tertiary/aromatic N) is 1. The highest BCUT2D eigenvalue weighted by atomic mass is 16.4. The quantitative estimate of drug-likeness (QED) is 0.740. The van der Waals surface area contributed by atoms with E-state index < -0.39 is 12.0 Å². The summed E-state index contributed by atoms with van der Waals surface area (Å²) in [7, 11) is 1.76. The van der Waals surface area contributed by atoms with E-state index in [4.69, 9.17) is 10.8 Å². The Balaban J connectivity index is 2.62. The van der Waals surface area contributed by atoms with Crippen molar-refractivity contribution < 1.29 is 9.90 Å². The zero-order valence-electron chi connectivity index (χ0n) is 8.76. The molecule has 0 aliphatic carbocycles. The van der Waals surface area contributed by atoms with Gasteiger partial charge in [0.25, 0.3) is 0 Å². The molecule has 15 heavy (non-hydrogen) atoms. The predicted octanol–water partition coefficient (Wildman–Crippen LogP) is 0.530. The molecule has 0 aromatic heterocycles. The van der Waals surface area contributed by atoms with Crippen LogP contribution in [0.15, 0.2) is 30.3 Å². The van der Waals surface area contributed by atoms with Crippen LogP contribution in [0.2, 0.25) is 0 Å². The fraction of sp³-hybridized carbons (Fsp3) is 0.364. The molecular weight excluding hydrogens is 192 g/mol. The number of carboxylic acids is 1. The first kappa shape index (κ1) is 11.7. The number of nitrogens with two attached hydrogens (primary N) is 1. The number of hydrogen-bond donors (Lipinski definition) is 2. The molecule has 0 saturated carbocycles. The second-order valence-corrected chi connectivity index (χ2v) is 3.49. The lowest BCUT2D eigenvalue weighted by Crippen LogP contribution is -2.43. The van der Waals surface area contributed by atoms with Gasteiger partial charge in [0.1, 0.15) is 6.04 Å². The molecule has 0 heterocycles. The highest BCUT2D eigenvalue weighted by Gasteiger charge is 2.20. The molecule has 0 radical (unpaired) electrons. The van der Waals surface area contributed by atoms with Crippen molar-refractivity contribution in [1.29, 1.82) is 0 Å². The molecule has 0 spiro atoms. The van der Waals surface area contributed by atoms with E-state index in [1.807, 2.05) is 30.3 Å². The fourth-order valence-corrected chi connectivity index (χ4v) is 1.45. The number of rotatable bonds is 5. The van der Waals surface area contributed by atoms with Gasteiger partial charge in [-0.1, -0.05) is 30.3 Å². The van der Waals surface area contributed by atoms with Gasteiger partial charge in [-0.2, -0.15) is 0 Å². The van der Waals surface area contributed by atoms with Gasteiger partial charge in [-0.3, -0.25) is 9.69 Å². The van der Waals surface area contributed by atoms with Crippen LogP contribution in [0, 0.1) is 0 Å². The van der Waals surface area contributed by atoms with Crippen molar-refractivity contribution in [2.45, 2.75) is 12.6 Å². The number of hydrogen-bond acceptors (Lipinski definition) is 3. The van der Waals surface area contributed by atoms with E-state index in [1.54, 1.807) is 11.9 Å². The zero-order chi connectivity index (χ0) is 11.3. The topological polar surface area (TPSA) is 66.6 Å². The van der Waals surface area contributed by atoms with Crippen molar-refractivity contribution in [3.63, 3.8) is 0 Å². The molecule has 4 heteroatoms. The maximum Gasteiger partial charge on any atom is 0.322 e. The smallest absolute Gasteiger partial charge is 0.322 e. The Morgan fingerprint density at radius 2 is 2.07 bits per heavy atom. The molecule has 1 atom stereocenters. The van der Waals surface area contributed by atoms with Gasteiger partial charge in [0, 0.05) is 13.1 Å². The monoisotopic (exact) mass is 208 g/mol. The summed E-state index contributed by atoms with van der Waals surface area (Å²) in [4.78, 5) is 12.6. The lowest BCUT2D eigenvalue weighted by Gasteiger charge is -2.23. The molecule has 82 valence electrons. The van der Waals surface area contributed by atoms with Crippen molar-refractivity contribution >= 4 is 5.97 Å². The summed E-state index contributed by atoms with van der Waals surface area (Å²) in [6.45, 7) is 0.716. The first-order valence-electron chi connectivity index (χ1n) is 4.82. The summed E-state index contributed by atoms with van der Waals surface area (Å²) in [6, 6.07) is 9.10. The number of carbonyl (C=O) groups is 1. The SMILES string of the molecule is CN(Cc1ccccc1)C(CN)C(=O)O. The normalized spacial score (nSPS) is 12.7. The Hall–Kier alpha value is -1.39. The van der Waals surface area contributed by atoms with Gasteiger partial charge >= 0.3 is 5.97 Å². The number of benzene rings is 1. The summed E-state index contributed by atoms with van der Waals surface area (Å²) in [6.07, 6.45) is 0. The molecule has 1 rings (SSSR count). The van der Waals surface area contributed by atoms with Gasteiger partial charge in [0.15, 0.2) is 0 Å². The van der Waals surface area contributed by atoms with Crippen LogP contribution in [0.5, 0.6) is 0 Å². The first-order valence-corrected chi connectivity index (χ1v) is 4.82. The second-order valence-electron chi connectivity index (χ2n) is 3.49. The van der Waals surface area contributed by atoms with Crippen LogP contribution in [0.1, 0.15) is 5.56 Å². The number of aliphatic carboxylic acids is 1. The van der Waals surface area contributed by atoms with E-state index in [0.29, 0.717) is 6.54 Å². The van der Waals surface area contributed by atoms with Crippen molar-refractivity contribution in [3.05, 3.63) is 35.9 Å². The Labute approximate surface area is 89.3 Å². The molecule has 0 amide bonds. The van der Waals surface area contributed by atoms with Gasteiger partial charge in [-0.05, 0) is 12.6 Å². The second kappa shape index (κ2) is 5.48. The van der Waals surface area contributed by atoms with Crippen molar-refractivity contribution in [1.82, 2.24) is 4.90 Å². The Bertz CT molecular complexity index is 314. The average Bonchev–Trinajstić information content (AvgIpc) is 2.19. The fourth-order valence-electron chi connectivity index (χ4n) is 1.45. The van der Waals surface area contributed by atoms with Gasteiger partial charge in [-0.25, -0.2) is 0 Å². The lowest BCUT2D eigenvalue weighted by atomic mass is 10.2. The minimum atomic E-state index is -0.879. The Morgan fingerprint density at radius 1 is 1.47 bits per heavy atom. The summed E-state index contributed by atoms with van der Waals surface area (Å²) in [5.74, 6) is -0.879. The molecule has 1 aromatic carbocycles. The van der Waals surface area contributed by atoms with Crippen LogP contribution in [-0.2, 0) is 11.3 Å². The van der Waals surface area contributed by atoms with Crippen LogP contribution in [0.3, 0.4) is 0 Å². The molecule has 1 aromatic rings. The molecule has 0 fully saturated rings. The lowest BCUT2D eigenvalue weighted by molar-refractivity contribution is -0.142. The molecule has 3 N–H and O–H groups in total. The van der Waals surface area contributed by atoms with Crippen LogP contribution in [-0.4, -0.2) is 35.6 Å². The summed E-state index contributed by atoms with van der Waals surface area (Å²) in [5, 5.41) is 8.90. The highest BCUT2D eigenvalue weighted by Crippen LogP contribution is 2.05. The van der Waals surface area contributed by atoms with E-state index in [0.717, 1.165) is 5.56 Å². The molecule has 0 aliphatic rings. The van der Waals surface area contributed by atoms with Crippen molar-refractivity contribution in [3.8, 4) is 0 Å². The van der Waals surface area contributed by atoms with Gasteiger partial charge in [0.2, 0.25) is 0 Å². The van der Waals surface area contributed by atoms with Crippen LogP contribution < -0.4 is 5.73 Å². The van der Waals surface area contributed by atoms with E-state index in [2.05, 4.69) is 0 Å².